The van der Waals surface area contributed by atoms with Gasteiger partial charge < -0.3 is 10.1 Å². The van der Waals surface area contributed by atoms with Gasteiger partial charge in [-0.25, -0.2) is 0 Å². The van der Waals surface area contributed by atoms with Crippen molar-refractivity contribution in [3.63, 3.8) is 0 Å². The fourth-order valence-corrected chi connectivity index (χ4v) is 2.75. The van der Waals surface area contributed by atoms with Crippen molar-refractivity contribution in [3.05, 3.63) is 58.7 Å². The summed E-state index contributed by atoms with van der Waals surface area (Å²) in [7, 11) is 1.75. The number of methoxy groups -OCH3 is 1. The summed E-state index contributed by atoms with van der Waals surface area (Å²) >= 11 is 0. The highest BCUT2D eigenvalue weighted by molar-refractivity contribution is 5.60. The molecule has 1 N–H and O–H groups in total. The summed E-state index contributed by atoms with van der Waals surface area (Å²) in [6.07, 6.45) is 1.02. The summed E-state index contributed by atoms with van der Waals surface area (Å²) in [5.74, 6) is 0.980. The summed E-state index contributed by atoms with van der Waals surface area (Å²) in [4.78, 5) is 0. The van der Waals surface area contributed by atoms with Crippen LogP contribution >= 0.6 is 0 Å². The van der Waals surface area contributed by atoms with Gasteiger partial charge in [-0.2, -0.15) is 0 Å². The molecule has 0 aromatic heterocycles. The molecule has 0 spiro atoms. The van der Waals surface area contributed by atoms with Crippen molar-refractivity contribution in [2.24, 2.45) is 0 Å². The first kappa shape index (κ1) is 12.1. The van der Waals surface area contributed by atoms with Gasteiger partial charge in [0.25, 0.3) is 0 Å². The number of ether oxygens (including phenoxy) is 1. The van der Waals surface area contributed by atoms with Gasteiger partial charge in [-0.3, -0.25) is 0 Å². The van der Waals surface area contributed by atoms with E-state index in [1.54, 1.807) is 7.11 Å². The van der Waals surface area contributed by atoms with E-state index in [0.29, 0.717) is 6.04 Å². The molecule has 0 bridgehead atoms. The molecular weight excluding hydrogens is 234 g/mol. The molecule has 0 saturated heterocycles. The highest BCUT2D eigenvalue weighted by Crippen LogP contribution is 2.38. The summed E-state index contributed by atoms with van der Waals surface area (Å²) in [5.41, 5.74) is 6.46. The van der Waals surface area contributed by atoms with Crippen LogP contribution in [0.2, 0.25) is 0 Å². The molecule has 2 heteroatoms. The Bertz CT molecular complexity index is 594. The first-order valence-corrected chi connectivity index (χ1v) is 6.68. The van der Waals surface area contributed by atoms with E-state index >= 15 is 0 Å². The second-order valence-corrected chi connectivity index (χ2v) is 5.24. The van der Waals surface area contributed by atoms with Crippen LogP contribution in [-0.4, -0.2) is 7.11 Å². The fourth-order valence-electron chi connectivity index (χ4n) is 2.75. The van der Waals surface area contributed by atoms with Gasteiger partial charge in [-0.1, -0.05) is 24.3 Å². The number of fused-ring (bicyclic) bond motifs is 1. The number of aryl methyl sites for hydroxylation is 2. The van der Waals surface area contributed by atoms with E-state index in [-0.39, 0.29) is 0 Å². The quantitative estimate of drug-likeness (QED) is 0.872. The Morgan fingerprint density at radius 1 is 1.11 bits per heavy atom. The van der Waals surface area contributed by atoms with Crippen LogP contribution < -0.4 is 10.1 Å². The number of para-hydroxylation sites is 1. The molecule has 1 atom stereocenters. The van der Waals surface area contributed by atoms with Crippen molar-refractivity contribution in [1.29, 1.82) is 0 Å². The van der Waals surface area contributed by atoms with Gasteiger partial charge >= 0.3 is 0 Å². The average molecular weight is 253 g/mol. The lowest BCUT2D eigenvalue weighted by Crippen LogP contribution is -2.08. The lowest BCUT2D eigenvalue weighted by Gasteiger charge is -2.17. The molecule has 2 nitrogen and oxygen atoms in total. The number of nitrogens with one attached hydrogen (secondary N) is 1. The maximum absolute atomic E-state index is 5.55. The van der Waals surface area contributed by atoms with E-state index in [9.17, 15) is 0 Å². The Kier molecular flexibility index (Phi) is 2.94. The molecule has 0 aliphatic carbocycles. The minimum atomic E-state index is 0.312. The molecule has 0 amide bonds. The third kappa shape index (κ3) is 2.07. The highest BCUT2D eigenvalue weighted by atomic mass is 16.5. The van der Waals surface area contributed by atoms with Crippen molar-refractivity contribution >= 4 is 5.69 Å². The van der Waals surface area contributed by atoms with Crippen molar-refractivity contribution in [1.82, 2.24) is 0 Å². The summed E-state index contributed by atoms with van der Waals surface area (Å²) in [6, 6.07) is 13.2. The molecule has 1 unspecified atom stereocenters. The maximum Gasteiger partial charge on any atom is 0.124 e. The molecule has 2 aromatic carbocycles. The Balaban J connectivity index is 1.99. The number of hydrogen-bond donors (Lipinski definition) is 1. The van der Waals surface area contributed by atoms with Crippen LogP contribution in [0.1, 0.15) is 28.3 Å². The van der Waals surface area contributed by atoms with Gasteiger partial charge in [-0.15, -0.1) is 0 Å². The predicted molar refractivity (Wildman–Crippen MR) is 79.0 cm³/mol. The van der Waals surface area contributed by atoms with E-state index in [0.717, 1.165) is 12.2 Å². The average Bonchev–Trinajstić information content (AvgIpc) is 2.85. The van der Waals surface area contributed by atoms with Crippen LogP contribution in [0.15, 0.2) is 36.4 Å². The van der Waals surface area contributed by atoms with Crippen molar-refractivity contribution < 1.29 is 4.74 Å². The lowest BCUT2D eigenvalue weighted by molar-refractivity contribution is 0.407. The molecule has 1 heterocycles. The lowest BCUT2D eigenvalue weighted by atomic mass is 9.97. The molecule has 0 radical (unpaired) electrons. The van der Waals surface area contributed by atoms with Gasteiger partial charge in [0.05, 0.1) is 13.2 Å². The summed E-state index contributed by atoms with van der Waals surface area (Å²) in [6.45, 7) is 4.28. The number of anilines is 1. The fraction of sp³-hybridized carbons (Fsp3) is 0.294. The molecule has 98 valence electrons. The smallest absolute Gasteiger partial charge is 0.124 e. The molecule has 2 aromatic rings. The SMILES string of the molecule is COc1cc(C)c(C)cc1C1Cc2ccccc2N1. The topological polar surface area (TPSA) is 21.3 Å². The van der Waals surface area contributed by atoms with E-state index in [1.165, 1.54) is 27.9 Å². The molecule has 1 aliphatic rings. The number of benzene rings is 2. The zero-order chi connectivity index (χ0) is 13.4. The van der Waals surface area contributed by atoms with E-state index in [1.807, 2.05) is 0 Å². The Morgan fingerprint density at radius 2 is 1.84 bits per heavy atom. The van der Waals surface area contributed by atoms with Gasteiger partial charge in [0, 0.05) is 11.3 Å². The second kappa shape index (κ2) is 4.61. The maximum atomic E-state index is 5.55. The first-order valence-electron chi connectivity index (χ1n) is 6.68. The molecule has 0 saturated carbocycles. The molecule has 0 fully saturated rings. The normalized spacial score (nSPS) is 16.9. The zero-order valence-electron chi connectivity index (χ0n) is 11.7. The van der Waals surface area contributed by atoms with Crippen LogP contribution in [0.4, 0.5) is 5.69 Å². The Morgan fingerprint density at radius 3 is 2.58 bits per heavy atom. The highest BCUT2D eigenvalue weighted by Gasteiger charge is 2.24. The third-order valence-electron chi connectivity index (χ3n) is 3.99. The van der Waals surface area contributed by atoms with Crippen LogP contribution in [0, 0.1) is 13.8 Å². The van der Waals surface area contributed by atoms with Crippen LogP contribution in [0.25, 0.3) is 0 Å². The number of hydrogen-bond acceptors (Lipinski definition) is 2. The molecule has 3 rings (SSSR count). The summed E-state index contributed by atoms with van der Waals surface area (Å²) < 4.78 is 5.55. The van der Waals surface area contributed by atoms with E-state index in [4.69, 9.17) is 4.74 Å². The predicted octanol–water partition coefficient (Wildman–Crippen LogP) is 4.02. The van der Waals surface area contributed by atoms with Crippen LogP contribution in [-0.2, 0) is 6.42 Å². The molecule has 1 aliphatic heterocycles. The minimum absolute atomic E-state index is 0.312. The summed E-state index contributed by atoms with van der Waals surface area (Å²) in [5, 5.41) is 3.59. The van der Waals surface area contributed by atoms with Gasteiger partial charge in [0.2, 0.25) is 0 Å². The van der Waals surface area contributed by atoms with Crippen molar-refractivity contribution in [2.75, 3.05) is 12.4 Å². The van der Waals surface area contributed by atoms with Gasteiger partial charge in [0.15, 0.2) is 0 Å². The van der Waals surface area contributed by atoms with Gasteiger partial charge in [0.1, 0.15) is 5.75 Å². The largest absolute Gasteiger partial charge is 0.496 e. The van der Waals surface area contributed by atoms with Gasteiger partial charge in [-0.05, 0) is 49.1 Å². The number of rotatable bonds is 2. The standard InChI is InChI=1S/C17H19NO/c1-11-8-14(17(19-3)9-12(11)2)16-10-13-6-4-5-7-15(13)18-16/h4-9,16,18H,10H2,1-3H3. The first-order chi connectivity index (χ1) is 9.19. The third-order valence-corrected chi connectivity index (χ3v) is 3.99. The Hall–Kier alpha value is -1.96. The van der Waals surface area contributed by atoms with E-state index in [2.05, 4.69) is 55.6 Å². The second-order valence-electron chi connectivity index (χ2n) is 5.24. The zero-order valence-corrected chi connectivity index (χ0v) is 11.7. The van der Waals surface area contributed by atoms with E-state index < -0.39 is 0 Å². The minimum Gasteiger partial charge on any atom is -0.496 e. The van der Waals surface area contributed by atoms with Crippen LogP contribution in [0.3, 0.4) is 0 Å². The molecular formula is C17H19NO. The van der Waals surface area contributed by atoms with Crippen LogP contribution in [0.5, 0.6) is 5.75 Å². The van der Waals surface area contributed by atoms with Crippen molar-refractivity contribution in [3.8, 4) is 5.75 Å². The monoisotopic (exact) mass is 253 g/mol. The van der Waals surface area contributed by atoms with Crippen molar-refractivity contribution in [2.45, 2.75) is 26.3 Å². The Labute approximate surface area is 114 Å². The molecule has 19 heavy (non-hydrogen) atoms.